The first-order valence-electron chi connectivity index (χ1n) is 5.94. The van der Waals surface area contributed by atoms with Gasteiger partial charge in [-0.25, -0.2) is 13.1 Å². The lowest BCUT2D eigenvalue weighted by Crippen LogP contribution is -2.40. The lowest BCUT2D eigenvalue weighted by atomic mass is 10.1. The van der Waals surface area contributed by atoms with E-state index in [4.69, 9.17) is 4.74 Å². The van der Waals surface area contributed by atoms with Crippen molar-refractivity contribution in [1.29, 1.82) is 0 Å². The second-order valence-electron chi connectivity index (χ2n) is 4.44. The van der Waals surface area contributed by atoms with Crippen molar-refractivity contribution < 1.29 is 25.5 Å². The van der Waals surface area contributed by atoms with Crippen molar-refractivity contribution in [2.24, 2.45) is 0 Å². The Kier molecular flexibility index (Phi) is 4.43. The minimum atomic E-state index is -4.83. The molecule has 0 spiro atoms. The zero-order chi connectivity index (χ0) is 14.8. The van der Waals surface area contributed by atoms with Gasteiger partial charge in [0.15, 0.2) is 0 Å². The maximum absolute atomic E-state index is 12.7. The molecule has 20 heavy (non-hydrogen) atoms. The first-order chi connectivity index (χ1) is 9.29. The third-order valence-electron chi connectivity index (χ3n) is 2.90. The molecule has 1 heterocycles. The summed E-state index contributed by atoms with van der Waals surface area (Å²) in [4.78, 5) is -0.687. The highest BCUT2D eigenvalue weighted by Crippen LogP contribution is 2.17. The lowest BCUT2D eigenvalue weighted by molar-refractivity contribution is 0.0774. The molecule has 1 aromatic carbocycles. The maximum Gasteiger partial charge on any atom is 0.332 e. The molecular weight excluding hydrogens is 309 g/mol. The van der Waals surface area contributed by atoms with Gasteiger partial charge < -0.3 is 4.74 Å². The van der Waals surface area contributed by atoms with E-state index < -0.39 is 25.1 Å². The van der Waals surface area contributed by atoms with Gasteiger partial charge >= 0.3 is 10.2 Å². The number of benzene rings is 1. The van der Waals surface area contributed by atoms with E-state index in [1.807, 2.05) is 0 Å². The molecular formula is C11H14FNO5S2. The molecule has 0 bridgehead atoms. The number of rotatable bonds is 4. The molecule has 6 nitrogen and oxygen atoms in total. The third kappa shape index (κ3) is 3.75. The maximum atomic E-state index is 12.7. The molecule has 112 valence electrons. The van der Waals surface area contributed by atoms with E-state index in [1.54, 1.807) is 0 Å². The summed E-state index contributed by atoms with van der Waals surface area (Å²) >= 11 is 0. The Morgan fingerprint density at radius 2 is 1.70 bits per heavy atom. The molecule has 1 fully saturated rings. The van der Waals surface area contributed by atoms with Gasteiger partial charge in [-0.1, -0.05) is 0 Å². The number of nitrogens with one attached hydrogen (secondary N) is 1. The molecule has 0 aromatic heterocycles. The Hall–Kier alpha value is -1.03. The van der Waals surface area contributed by atoms with Crippen LogP contribution in [0.1, 0.15) is 12.8 Å². The monoisotopic (exact) mass is 323 g/mol. The summed E-state index contributed by atoms with van der Waals surface area (Å²) in [7, 11) is -8.60. The number of hydrogen-bond donors (Lipinski definition) is 1. The fourth-order valence-electron chi connectivity index (χ4n) is 1.90. The molecule has 0 aliphatic carbocycles. The fraction of sp³-hybridized carbons (Fsp3) is 0.455. The van der Waals surface area contributed by atoms with Crippen LogP contribution < -0.4 is 4.72 Å². The van der Waals surface area contributed by atoms with Crippen LogP contribution >= 0.6 is 0 Å². The standard InChI is InChI=1S/C11H14FNO5S2/c12-19(14,15)10-3-5-11(6-4-10)20(16,17)13-9-2-1-7-18-8-9/h3-6,9,13H,1-2,7-8H2. The summed E-state index contributed by atoms with van der Waals surface area (Å²) in [6, 6.07) is 3.64. The molecule has 9 heteroatoms. The summed E-state index contributed by atoms with van der Waals surface area (Å²) in [5.74, 6) is 0. The quantitative estimate of drug-likeness (QED) is 0.828. The molecule has 0 radical (unpaired) electrons. The summed E-state index contributed by atoms with van der Waals surface area (Å²) in [6.07, 6.45) is 1.45. The van der Waals surface area contributed by atoms with Gasteiger partial charge in [0.2, 0.25) is 10.0 Å². The van der Waals surface area contributed by atoms with E-state index in [1.165, 1.54) is 0 Å². The van der Waals surface area contributed by atoms with Crippen LogP contribution in [-0.4, -0.2) is 36.1 Å². The fourth-order valence-corrected chi connectivity index (χ4v) is 3.62. The Balaban J connectivity index is 2.17. The van der Waals surface area contributed by atoms with E-state index in [0.29, 0.717) is 19.6 Å². The van der Waals surface area contributed by atoms with E-state index in [0.717, 1.165) is 30.7 Å². The summed E-state index contributed by atoms with van der Waals surface area (Å²) < 4.78 is 65.8. The van der Waals surface area contributed by atoms with Crippen molar-refractivity contribution >= 4 is 20.2 Å². The van der Waals surface area contributed by atoms with Crippen LogP contribution in [0.3, 0.4) is 0 Å². The van der Waals surface area contributed by atoms with Crippen molar-refractivity contribution in [3.05, 3.63) is 24.3 Å². The lowest BCUT2D eigenvalue weighted by Gasteiger charge is -2.22. The zero-order valence-electron chi connectivity index (χ0n) is 10.5. The van der Waals surface area contributed by atoms with Gasteiger partial charge in [0.25, 0.3) is 0 Å². The van der Waals surface area contributed by atoms with Crippen LogP contribution in [0.4, 0.5) is 3.89 Å². The first-order valence-corrected chi connectivity index (χ1v) is 8.80. The van der Waals surface area contributed by atoms with Crippen molar-refractivity contribution in [3.63, 3.8) is 0 Å². The third-order valence-corrected chi connectivity index (χ3v) is 5.27. The summed E-state index contributed by atoms with van der Waals surface area (Å²) in [6.45, 7) is 0.914. The number of ether oxygens (including phenoxy) is 1. The summed E-state index contributed by atoms with van der Waals surface area (Å²) in [5.41, 5.74) is 0. The molecule has 1 saturated heterocycles. The Labute approximate surface area is 117 Å². The SMILES string of the molecule is O=S(=O)(F)c1ccc(S(=O)(=O)NC2CCCOC2)cc1. The molecule has 1 aromatic rings. The van der Waals surface area contributed by atoms with Crippen LogP contribution in [0.2, 0.25) is 0 Å². The van der Waals surface area contributed by atoms with Crippen molar-refractivity contribution in [2.75, 3.05) is 13.2 Å². The van der Waals surface area contributed by atoms with Gasteiger partial charge in [-0.15, -0.1) is 3.89 Å². The molecule has 1 unspecified atom stereocenters. The van der Waals surface area contributed by atoms with Gasteiger partial charge in [0, 0.05) is 12.6 Å². The van der Waals surface area contributed by atoms with E-state index >= 15 is 0 Å². The number of halogens is 1. The average molecular weight is 323 g/mol. The molecule has 2 rings (SSSR count). The smallest absolute Gasteiger partial charge is 0.332 e. The van der Waals surface area contributed by atoms with Crippen LogP contribution in [-0.2, 0) is 25.0 Å². The largest absolute Gasteiger partial charge is 0.380 e. The highest BCUT2D eigenvalue weighted by atomic mass is 32.3. The van der Waals surface area contributed by atoms with Crippen molar-refractivity contribution in [2.45, 2.75) is 28.7 Å². The molecule has 0 amide bonds. The van der Waals surface area contributed by atoms with Crippen LogP contribution in [0, 0.1) is 0 Å². The molecule has 1 aliphatic rings. The van der Waals surface area contributed by atoms with Crippen LogP contribution in [0.5, 0.6) is 0 Å². The highest BCUT2D eigenvalue weighted by molar-refractivity contribution is 7.89. The van der Waals surface area contributed by atoms with Gasteiger partial charge in [0.05, 0.1) is 16.4 Å². The second-order valence-corrected chi connectivity index (χ2v) is 7.51. The normalized spacial score (nSPS) is 20.8. The van der Waals surface area contributed by atoms with Gasteiger partial charge in [-0.3, -0.25) is 0 Å². The van der Waals surface area contributed by atoms with Crippen molar-refractivity contribution in [1.82, 2.24) is 4.72 Å². The number of hydrogen-bond acceptors (Lipinski definition) is 5. The summed E-state index contributed by atoms with van der Waals surface area (Å²) in [5, 5.41) is 0. The van der Waals surface area contributed by atoms with Gasteiger partial charge in [-0.2, -0.15) is 8.42 Å². The predicted molar refractivity (Wildman–Crippen MR) is 68.9 cm³/mol. The minimum absolute atomic E-state index is 0.115. The minimum Gasteiger partial charge on any atom is -0.380 e. The molecule has 1 N–H and O–H groups in total. The number of sulfonamides is 1. The molecule has 1 aliphatic heterocycles. The van der Waals surface area contributed by atoms with E-state index in [-0.39, 0.29) is 10.9 Å². The van der Waals surface area contributed by atoms with E-state index in [9.17, 15) is 20.7 Å². The van der Waals surface area contributed by atoms with Crippen LogP contribution in [0.25, 0.3) is 0 Å². The van der Waals surface area contributed by atoms with Gasteiger partial charge in [0.1, 0.15) is 0 Å². The average Bonchev–Trinajstić information content (AvgIpc) is 2.38. The molecule has 0 saturated carbocycles. The Morgan fingerprint density at radius 1 is 1.10 bits per heavy atom. The van der Waals surface area contributed by atoms with Crippen LogP contribution in [0.15, 0.2) is 34.1 Å². The zero-order valence-corrected chi connectivity index (χ0v) is 12.1. The van der Waals surface area contributed by atoms with Gasteiger partial charge in [-0.05, 0) is 37.1 Å². The Bertz CT molecular complexity index is 663. The Morgan fingerprint density at radius 3 is 2.20 bits per heavy atom. The highest BCUT2D eigenvalue weighted by Gasteiger charge is 2.23. The van der Waals surface area contributed by atoms with Crippen molar-refractivity contribution in [3.8, 4) is 0 Å². The molecule has 1 atom stereocenters. The van der Waals surface area contributed by atoms with E-state index in [2.05, 4.69) is 4.72 Å². The second kappa shape index (κ2) is 5.76. The topological polar surface area (TPSA) is 89.5 Å². The predicted octanol–water partition coefficient (Wildman–Crippen LogP) is 0.802. The first kappa shape index (κ1) is 15.4.